The highest BCUT2D eigenvalue weighted by Gasteiger charge is 2.18. The molecule has 4 heteroatoms. The fourth-order valence-electron chi connectivity index (χ4n) is 6.93. The molecular formula is C42H26N4. The van der Waals surface area contributed by atoms with Crippen LogP contribution in [0.1, 0.15) is 5.56 Å². The van der Waals surface area contributed by atoms with Gasteiger partial charge in [0.1, 0.15) is 11.6 Å². The Balaban J connectivity index is 1.37. The van der Waals surface area contributed by atoms with Crippen LogP contribution in [0.5, 0.6) is 0 Å². The summed E-state index contributed by atoms with van der Waals surface area (Å²) in [5, 5.41) is 14.6. The van der Waals surface area contributed by atoms with E-state index in [-0.39, 0.29) is 0 Å². The third kappa shape index (κ3) is 3.96. The molecule has 4 nitrogen and oxygen atoms in total. The topological polar surface area (TPSA) is 46.5 Å². The molecule has 9 aromatic rings. The van der Waals surface area contributed by atoms with Crippen molar-refractivity contribution < 1.29 is 0 Å². The highest BCUT2D eigenvalue weighted by Crippen LogP contribution is 2.37. The molecule has 0 aliphatic heterocycles. The number of aromatic nitrogens is 3. The average molecular weight is 587 g/mol. The van der Waals surface area contributed by atoms with Gasteiger partial charge in [-0.2, -0.15) is 5.26 Å². The van der Waals surface area contributed by atoms with Crippen molar-refractivity contribution >= 4 is 43.6 Å². The molecule has 0 aliphatic carbocycles. The molecular weight excluding hydrogens is 560 g/mol. The summed E-state index contributed by atoms with van der Waals surface area (Å²) in [6, 6.07) is 57.1. The Labute approximate surface area is 265 Å². The highest BCUT2D eigenvalue weighted by atomic mass is 15.1. The Morgan fingerprint density at radius 2 is 0.848 bits per heavy atom. The van der Waals surface area contributed by atoms with E-state index in [1.54, 1.807) is 0 Å². The minimum absolute atomic E-state index is 0.659. The molecule has 0 amide bonds. The SMILES string of the molecule is N#Cc1ccccc1-c1cccc(-c2cc(-n3c4ccccc4c4ccccc43)nc(-n3c4ccccc4c4ccccc43)c2)c1. The van der Waals surface area contributed by atoms with Crippen molar-refractivity contribution in [2.45, 2.75) is 0 Å². The van der Waals surface area contributed by atoms with Gasteiger partial charge in [-0.05, 0) is 70.8 Å². The number of fused-ring (bicyclic) bond motifs is 6. The zero-order chi connectivity index (χ0) is 30.6. The van der Waals surface area contributed by atoms with Crippen molar-refractivity contribution in [3.05, 3.63) is 163 Å². The number of pyridine rings is 1. The van der Waals surface area contributed by atoms with E-state index in [1.807, 2.05) is 24.3 Å². The van der Waals surface area contributed by atoms with Crippen LogP contribution in [0.3, 0.4) is 0 Å². The lowest BCUT2D eigenvalue weighted by Crippen LogP contribution is -2.04. The molecule has 0 saturated carbocycles. The molecule has 3 heterocycles. The molecule has 9 rings (SSSR count). The van der Waals surface area contributed by atoms with Gasteiger partial charge in [-0.1, -0.05) is 109 Å². The van der Waals surface area contributed by atoms with Crippen molar-refractivity contribution in [3.63, 3.8) is 0 Å². The van der Waals surface area contributed by atoms with Gasteiger partial charge < -0.3 is 0 Å². The van der Waals surface area contributed by atoms with E-state index in [4.69, 9.17) is 4.98 Å². The van der Waals surface area contributed by atoms with Gasteiger partial charge in [0.15, 0.2) is 0 Å². The second kappa shape index (κ2) is 10.3. The van der Waals surface area contributed by atoms with E-state index in [1.165, 1.54) is 21.5 Å². The smallest absolute Gasteiger partial charge is 0.140 e. The van der Waals surface area contributed by atoms with Gasteiger partial charge in [0.25, 0.3) is 0 Å². The molecule has 0 bridgehead atoms. The van der Waals surface area contributed by atoms with Gasteiger partial charge in [-0.25, -0.2) is 4.98 Å². The number of benzene rings is 6. The van der Waals surface area contributed by atoms with E-state index in [0.29, 0.717) is 5.56 Å². The van der Waals surface area contributed by atoms with Gasteiger partial charge >= 0.3 is 0 Å². The van der Waals surface area contributed by atoms with E-state index < -0.39 is 0 Å². The van der Waals surface area contributed by atoms with Gasteiger partial charge in [-0.15, -0.1) is 0 Å². The second-order valence-electron chi connectivity index (χ2n) is 11.5. The van der Waals surface area contributed by atoms with Crippen LogP contribution >= 0.6 is 0 Å². The monoisotopic (exact) mass is 586 g/mol. The van der Waals surface area contributed by atoms with Gasteiger partial charge in [-0.3, -0.25) is 9.13 Å². The number of rotatable bonds is 4. The van der Waals surface area contributed by atoms with Crippen molar-refractivity contribution in [3.8, 4) is 40.0 Å². The first-order valence-electron chi connectivity index (χ1n) is 15.4. The van der Waals surface area contributed by atoms with Crippen LogP contribution in [0.4, 0.5) is 0 Å². The fraction of sp³-hybridized carbons (Fsp3) is 0. The minimum Gasteiger partial charge on any atom is -0.294 e. The quantitative estimate of drug-likeness (QED) is 0.206. The van der Waals surface area contributed by atoms with Gasteiger partial charge in [0, 0.05) is 21.5 Å². The van der Waals surface area contributed by atoms with Crippen molar-refractivity contribution in [2.24, 2.45) is 0 Å². The number of nitrogens with zero attached hydrogens (tertiary/aromatic N) is 4. The third-order valence-electron chi connectivity index (χ3n) is 8.97. The predicted molar refractivity (Wildman–Crippen MR) is 189 cm³/mol. The predicted octanol–water partition coefficient (Wildman–Crippen LogP) is 10.5. The Morgan fingerprint density at radius 1 is 0.413 bits per heavy atom. The Kier molecular flexibility index (Phi) is 5.84. The molecule has 214 valence electrons. The number of nitriles is 1. The maximum Gasteiger partial charge on any atom is 0.140 e. The first kappa shape index (κ1) is 26.0. The lowest BCUT2D eigenvalue weighted by molar-refractivity contribution is 1.01. The maximum absolute atomic E-state index is 9.83. The zero-order valence-electron chi connectivity index (χ0n) is 24.8. The Morgan fingerprint density at radius 3 is 1.35 bits per heavy atom. The van der Waals surface area contributed by atoms with Crippen molar-refractivity contribution in [1.82, 2.24) is 14.1 Å². The van der Waals surface area contributed by atoms with Crippen LogP contribution in [-0.4, -0.2) is 14.1 Å². The minimum atomic E-state index is 0.659. The summed E-state index contributed by atoms with van der Waals surface area (Å²) < 4.78 is 4.56. The van der Waals surface area contributed by atoms with Crippen LogP contribution in [-0.2, 0) is 0 Å². The number of hydrogen-bond donors (Lipinski definition) is 0. The summed E-state index contributed by atoms with van der Waals surface area (Å²) in [5.74, 6) is 1.68. The highest BCUT2D eigenvalue weighted by molar-refractivity contribution is 6.10. The molecule has 6 aromatic carbocycles. The summed E-state index contributed by atoms with van der Waals surface area (Å²) in [5.41, 5.74) is 9.12. The standard InChI is InChI=1S/C42H26N4/c43-27-30-12-1-2-15-32(30)29-14-11-13-28(24-29)31-25-41(45-37-20-7-3-16-33(37)34-17-4-8-21-38(34)45)44-42(26-31)46-39-22-9-5-18-35(39)36-19-6-10-23-40(36)46/h1-26H. The summed E-state index contributed by atoms with van der Waals surface area (Å²) in [6.45, 7) is 0. The van der Waals surface area contributed by atoms with Crippen LogP contribution in [0.25, 0.3) is 77.5 Å². The normalized spacial score (nSPS) is 11.5. The molecule has 0 spiro atoms. The molecule has 46 heavy (non-hydrogen) atoms. The van der Waals surface area contributed by atoms with E-state index >= 15 is 0 Å². The van der Waals surface area contributed by atoms with Crippen LogP contribution < -0.4 is 0 Å². The average Bonchev–Trinajstić information content (AvgIpc) is 3.65. The summed E-state index contributed by atoms with van der Waals surface area (Å²) in [6.07, 6.45) is 0. The van der Waals surface area contributed by atoms with E-state index in [0.717, 1.165) is 56.0 Å². The van der Waals surface area contributed by atoms with Crippen LogP contribution in [0.15, 0.2) is 158 Å². The molecule has 0 saturated heterocycles. The maximum atomic E-state index is 9.83. The van der Waals surface area contributed by atoms with E-state index in [9.17, 15) is 5.26 Å². The fourth-order valence-corrected chi connectivity index (χ4v) is 6.93. The third-order valence-corrected chi connectivity index (χ3v) is 8.97. The van der Waals surface area contributed by atoms with Crippen LogP contribution in [0, 0.1) is 11.3 Å². The first-order valence-corrected chi connectivity index (χ1v) is 15.4. The summed E-state index contributed by atoms with van der Waals surface area (Å²) >= 11 is 0. The second-order valence-corrected chi connectivity index (χ2v) is 11.5. The summed E-state index contributed by atoms with van der Waals surface area (Å²) in [7, 11) is 0. The van der Waals surface area contributed by atoms with Crippen LogP contribution in [0.2, 0.25) is 0 Å². The molecule has 0 fully saturated rings. The number of hydrogen-bond acceptors (Lipinski definition) is 2. The lowest BCUT2D eigenvalue weighted by atomic mass is 9.96. The Bertz CT molecular complexity index is 2430. The lowest BCUT2D eigenvalue weighted by Gasteiger charge is -2.15. The van der Waals surface area contributed by atoms with E-state index in [2.05, 4.69) is 149 Å². The molecule has 0 N–H and O–H groups in total. The first-order chi connectivity index (χ1) is 22.8. The molecule has 0 unspecified atom stereocenters. The van der Waals surface area contributed by atoms with Crippen molar-refractivity contribution in [2.75, 3.05) is 0 Å². The largest absolute Gasteiger partial charge is 0.294 e. The number of para-hydroxylation sites is 4. The Hall–Kier alpha value is -6.44. The summed E-state index contributed by atoms with van der Waals surface area (Å²) in [4.78, 5) is 5.44. The van der Waals surface area contributed by atoms with Crippen molar-refractivity contribution in [1.29, 1.82) is 5.26 Å². The molecule has 3 aromatic heterocycles. The van der Waals surface area contributed by atoms with Gasteiger partial charge in [0.05, 0.1) is 33.7 Å². The van der Waals surface area contributed by atoms with Gasteiger partial charge in [0.2, 0.25) is 0 Å². The molecule has 0 atom stereocenters. The zero-order valence-corrected chi connectivity index (χ0v) is 24.8. The molecule has 0 radical (unpaired) electrons. The molecule has 0 aliphatic rings.